The molecule has 0 bridgehead atoms. The van der Waals surface area contributed by atoms with E-state index in [1.54, 1.807) is 13.0 Å². The minimum atomic E-state index is -0.792. The summed E-state index contributed by atoms with van der Waals surface area (Å²) < 4.78 is 0. The highest BCUT2D eigenvalue weighted by Crippen LogP contribution is 2.26. The van der Waals surface area contributed by atoms with Gasteiger partial charge in [-0.25, -0.2) is 4.98 Å². The number of nitrogens with zero attached hydrogens (tertiary/aromatic N) is 1. The summed E-state index contributed by atoms with van der Waals surface area (Å²) in [5.41, 5.74) is 1.09. The van der Waals surface area contributed by atoms with Gasteiger partial charge < -0.3 is 20.7 Å². The van der Waals surface area contributed by atoms with Crippen molar-refractivity contribution in [2.45, 2.75) is 38.5 Å². The van der Waals surface area contributed by atoms with Crippen LogP contribution in [0.5, 0.6) is 0 Å². The second kappa shape index (κ2) is 9.29. The first kappa shape index (κ1) is 20.5. The molecular formula is C21H24N4O4. The average Bonchev–Trinajstić information content (AvgIpc) is 3.05. The summed E-state index contributed by atoms with van der Waals surface area (Å²) in [5, 5.41) is 15.7. The number of benzene rings is 1. The molecule has 4 N–H and O–H groups in total. The monoisotopic (exact) mass is 396 g/mol. The number of aromatic amines is 1. The Morgan fingerprint density at radius 3 is 2.76 bits per heavy atom. The molecule has 0 aliphatic heterocycles. The Morgan fingerprint density at radius 1 is 1.28 bits per heavy atom. The number of rotatable bonds is 6. The Kier molecular flexibility index (Phi) is 6.56. The van der Waals surface area contributed by atoms with Crippen LogP contribution in [0.1, 0.15) is 29.9 Å². The van der Waals surface area contributed by atoms with E-state index < -0.39 is 18.1 Å². The van der Waals surface area contributed by atoms with Gasteiger partial charge in [0, 0.05) is 18.1 Å². The summed E-state index contributed by atoms with van der Waals surface area (Å²) in [6.45, 7) is 1.80. The number of carbonyl (C=O) groups is 2. The Morgan fingerprint density at radius 2 is 2.03 bits per heavy atom. The molecule has 1 aliphatic rings. The number of carbonyl (C=O) groups excluding carboxylic acids is 2. The van der Waals surface area contributed by atoms with Crippen LogP contribution in [-0.2, 0) is 16.1 Å². The van der Waals surface area contributed by atoms with Crippen molar-refractivity contribution in [3.8, 4) is 0 Å². The van der Waals surface area contributed by atoms with Gasteiger partial charge in [0.25, 0.3) is 5.56 Å². The molecule has 1 saturated carbocycles. The normalized spacial score (nSPS) is 21.2. The Hall–Kier alpha value is -3.26. The van der Waals surface area contributed by atoms with E-state index in [0.717, 1.165) is 5.56 Å². The van der Waals surface area contributed by atoms with Crippen molar-refractivity contribution < 1.29 is 14.7 Å². The fraction of sp³-hybridized carbons (Fsp3) is 0.333. The van der Waals surface area contributed by atoms with Crippen molar-refractivity contribution in [3.63, 3.8) is 0 Å². The molecular weight excluding hydrogens is 372 g/mol. The molecule has 3 atom stereocenters. The third kappa shape index (κ3) is 5.86. The molecule has 1 aromatic carbocycles. The second-order valence-corrected chi connectivity index (χ2v) is 7.13. The predicted molar refractivity (Wildman–Crippen MR) is 108 cm³/mol. The van der Waals surface area contributed by atoms with Crippen LogP contribution in [0, 0.1) is 12.8 Å². The van der Waals surface area contributed by atoms with Gasteiger partial charge in [0.05, 0.1) is 24.4 Å². The molecule has 0 spiro atoms. The maximum absolute atomic E-state index is 12.4. The molecule has 8 heteroatoms. The van der Waals surface area contributed by atoms with E-state index in [-0.39, 0.29) is 30.3 Å². The molecule has 1 heterocycles. The van der Waals surface area contributed by atoms with Crippen LogP contribution in [0.15, 0.2) is 47.3 Å². The lowest BCUT2D eigenvalue weighted by Gasteiger charge is -2.15. The van der Waals surface area contributed by atoms with Gasteiger partial charge in [0.15, 0.2) is 0 Å². The summed E-state index contributed by atoms with van der Waals surface area (Å²) in [7, 11) is 0. The van der Waals surface area contributed by atoms with Crippen molar-refractivity contribution in [3.05, 3.63) is 69.9 Å². The topological polar surface area (TPSA) is 124 Å². The van der Waals surface area contributed by atoms with E-state index in [1.807, 2.05) is 30.3 Å². The second-order valence-electron chi connectivity index (χ2n) is 7.13. The molecule has 8 nitrogen and oxygen atoms in total. The third-order valence-electron chi connectivity index (χ3n) is 4.81. The van der Waals surface area contributed by atoms with E-state index in [2.05, 4.69) is 20.6 Å². The van der Waals surface area contributed by atoms with Gasteiger partial charge in [0.1, 0.15) is 5.82 Å². The molecule has 1 aromatic heterocycles. The van der Waals surface area contributed by atoms with Crippen molar-refractivity contribution in [2.75, 3.05) is 0 Å². The minimum Gasteiger partial charge on any atom is -0.391 e. The van der Waals surface area contributed by atoms with E-state index in [4.69, 9.17) is 0 Å². The quantitative estimate of drug-likeness (QED) is 0.534. The van der Waals surface area contributed by atoms with Gasteiger partial charge in [-0.05, 0) is 31.4 Å². The first-order valence-electron chi connectivity index (χ1n) is 9.47. The molecule has 0 unspecified atom stereocenters. The molecule has 1 fully saturated rings. The molecule has 1 aliphatic carbocycles. The van der Waals surface area contributed by atoms with Crippen LogP contribution in [0.2, 0.25) is 0 Å². The zero-order valence-corrected chi connectivity index (χ0v) is 16.1. The number of hydrogen-bond acceptors (Lipinski definition) is 5. The summed E-state index contributed by atoms with van der Waals surface area (Å²) >= 11 is 0. The van der Waals surface area contributed by atoms with Crippen LogP contribution < -0.4 is 16.2 Å². The highest BCUT2D eigenvalue weighted by atomic mass is 16.3. The molecule has 2 amide bonds. The van der Waals surface area contributed by atoms with Gasteiger partial charge in [-0.2, -0.15) is 0 Å². The van der Waals surface area contributed by atoms with E-state index in [1.165, 1.54) is 12.1 Å². The van der Waals surface area contributed by atoms with Crippen molar-refractivity contribution >= 4 is 17.9 Å². The van der Waals surface area contributed by atoms with Crippen LogP contribution in [0.25, 0.3) is 6.08 Å². The van der Waals surface area contributed by atoms with E-state index in [0.29, 0.717) is 17.9 Å². The molecule has 0 radical (unpaired) electrons. The fourth-order valence-electron chi connectivity index (χ4n) is 3.41. The molecule has 2 aromatic rings. The van der Waals surface area contributed by atoms with Crippen molar-refractivity contribution in [1.29, 1.82) is 0 Å². The first-order valence-corrected chi connectivity index (χ1v) is 9.47. The zero-order chi connectivity index (χ0) is 20.8. The highest BCUT2D eigenvalue weighted by Gasteiger charge is 2.37. The van der Waals surface area contributed by atoms with Crippen LogP contribution >= 0.6 is 0 Å². The fourth-order valence-corrected chi connectivity index (χ4v) is 3.41. The predicted octanol–water partition coefficient (Wildman–Crippen LogP) is 0.664. The van der Waals surface area contributed by atoms with E-state index >= 15 is 0 Å². The lowest BCUT2D eigenvalue weighted by molar-refractivity contribution is -0.125. The zero-order valence-electron chi connectivity index (χ0n) is 16.1. The number of aryl methyl sites for hydroxylation is 1. The summed E-state index contributed by atoms with van der Waals surface area (Å²) in [6, 6.07) is 10.3. The third-order valence-corrected chi connectivity index (χ3v) is 4.81. The molecule has 29 heavy (non-hydrogen) atoms. The molecule has 0 saturated heterocycles. The van der Waals surface area contributed by atoms with Gasteiger partial charge in [-0.1, -0.05) is 30.3 Å². The lowest BCUT2D eigenvalue weighted by atomic mass is 10.1. The lowest BCUT2D eigenvalue weighted by Crippen LogP contribution is -2.39. The number of H-pyrrole nitrogens is 1. The summed E-state index contributed by atoms with van der Waals surface area (Å²) in [6.07, 6.45) is 2.92. The standard InChI is InChI=1S/C21H24N4O4/c1-13-23-16(11-20(28)24-13)12-22-21(29)15-9-17(18(26)10-15)25-19(27)8-7-14-5-3-2-4-6-14/h2-8,11,15,17-18,26H,9-10,12H2,1H3,(H,22,29)(H,25,27)(H,23,24,28)/t15-,17+,18+/m0/s1. The van der Waals surface area contributed by atoms with Gasteiger partial charge in [-0.3, -0.25) is 14.4 Å². The summed E-state index contributed by atoms with van der Waals surface area (Å²) in [5.74, 6) is -0.497. The highest BCUT2D eigenvalue weighted by molar-refractivity contribution is 5.92. The van der Waals surface area contributed by atoms with Crippen molar-refractivity contribution in [1.82, 2.24) is 20.6 Å². The van der Waals surface area contributed by atoms with Gasteiger partial charge in [0.2, 0.25) is 11.8 Å². The number of aliphatic hydroxyl groups excluding tert-OH is 1. The number of hydrogen-bond donors (Lipinski definition) is 4. The summed E-state index contributed by atoms with van der Waals surface area (Å²) in [4.78, 5) is 42.7. The van der Waals surface area contributed by atoms with Gasteiger partial charge in [-0.15, -0.1) is 0 Å². The molecule has 152 valence electrons. The number of aromatic nitrogens is 2. The van der Waals surface area contributed by atoms with Crippen LogP contribution in [0.4, 0.5) is 0 Å². The largest absolute Gasteiger partial charge is 0.391 e. The minimum absolute atomic E-state index is 0.132. The Labute approximate surface area is 168 Å². The maximum atomic E-state index is 12.4. The Bertz CT molecular complexity index is 955. The number of amides is 2. The first-order chi connectivity index (χ1) is 13.9. The maximum Gasteiger partial charge on any atom is 0.251 e. The average molecular weight is 396 g/mol. The smallest absolute Gasteiger partial charge is 0.251 e. The Balaban J connectivity index is 1.50. The van der Waals surface area contributed by atoms with Crippen molar-refractivity contribution in [2.24, 2.45) is 5.92 Å². The SMILES string of the molecule is Cc1nc(CNC(=O)[C@@H]2C[C@@H](O)[C@H](NC(=O)C=Cc3ccccc3)C2)cc(=O)[nH]1. The van der Waals surface area contributed by atoms with Crippen LogP contribution in [-0.4, -0.2) is 39.0 Å². The molecule has 3 rings (SSSR count). The van der Waals surface area contributed by atoms with E-state index in [9.17, 15) is 19.5 Å². The van der Waals surface area contributed by atoms with Gasteiger partial charge >= 0.3 is 0 Å². The number of aliphatic hydroxyl groups is 1. The van der Waals surface area contributed by atoms with Crippen LogP contribution in [0.3, 0.4) is 0 Å². The number of nitrogens with one attached hydrogen (secondary N) is 3.